The molecule has 0 aromatic heterocycles. The summed E-state index contributed by atoms with van der Waals surface area (Å²) >= 11 is 0. The van der Waals surface area contributed by atoms with Crippen LogP contribution < -0.4 is 9.47 Å². The summed E-state index contributed by atoms with van der Waals surface area (Å²) in [5, 5.41) is 21.5. The van der Waals surface area contributed by atoms with Crippen LogP contribution in [0, 0.1) is 5.92 Å². The molecule has 0 spiro atoms. The highest BCUT2D eigenvalue weighted by atomic mass is 16.6. The fourth-order valence-corrected chi connectivity index (χ4v) is 7.23. The minimum atomic E-state index is -1.72. The molecule has 5 rings (SSSR count). The maximum absolute atomic E-state index is 14.7. The highest BCUT2D eigenvalue weighted by molar-refractivity contribution is 6.18. The number of ketones is 2. The second kappa shape index (κ2) is 12.0. The molecule has 2 N–H and O–H groups in total. The summed E-state index contributed by atoms with van der Waals surface area (Å²) < 4.78 is 20.5. The summed E-state index contributed by atoms with van der Waals surface area (Å²) in [6.07, 6.45) is 13.8. The number of fused-ring (bicyclic) bond motifs is 6. The Kier molecular flexibility index (Phi) is 8.76. The molecule has 8 nitrogen and oxygen atoms in total. The number of ether oxygens (including phenoxy) is 3. The van der Waals surface area contributed by atoms with Crippen LogP contribution in [0.5, 0.6) is 17.2 Å². The highest BCUT2D eigenvalue weighted by Crippen LogP contribution is 2.58. The Morgan fingerprint density at radius 2 is 1.66 bits per heavy atom. The predicted molar refractivity (Wildman–Crippen MR) is 181 cm³/mol. The first-order valence-corrected chi connectivity index (χ1v) is 16.5. The van der Waals surface area contributed by atoms with E-state index >= 15 is 0 Å². The standard InChI is InChI=1S/C39H48O8/c1-22(2)11-10-17-37(8)19-16-26-30(40)29-31(41)28-21-25-15-18-36(6,7)47-39(34(25)42,20-14-24(5)35(43)44)38(28,9)46-33(29)27(32(26)45-37)13-12-23(3)4/h11-12,14,16,19,21,25,40H,10,13,15,17-18,20H2,1-9H3,(H,43,44)/b24-14+/t25-,37-,38-,39-/m0/s1. The Labute approximate surface area is 277 Å². The first-order chi connectivity index (χ1) is 21.8. The minimum absolute atomic E-state index is 0.0313. The first-order valence-electron chi connectivity index (χ1n) is 16.5. The second-order valence-electron chi connectivity index (χ2n) is 15.0. The average Bonchev–Trinajstić information content (AvgIpc) is 3.03. The van der Waals surface area contributed by atoms with Gasteiger partial charge in [-0.2, -0.15) is 0 Å². The molecular weight excluding hydrogens is 596 g/mol. The molecule has 1 aromatic carbocycles. The van der Waals surface area contributed by atoms with Crippen molar-refractivity contribution < 1.29 is 38.8 Å². The molecule has 3 aliphatic heterocycles. The molecule has 47 heavy (non-hydrogen) atoms. The largest absolute Gasteiger partial charge is 0.506 e. The Balaban J connectivity index is 1.76. The van der Waals surface area contributed by atoms with Crippen molar-refractivity contribution in [2.75, 3.05) is 0 Å². The van der Waals surface area contributed by atoms with Gasteiger partial charge in [0.15, 0.2) is 22.8 Å². The SMILES string of the molecule is CC(C)=CCC[C@@]1(C)C=Cc2c(O)c3c(c(CC=C(C)C)c2O1)O[C@@]1(C)C(=C[C@@H]2CCC(C)(C)O[C@@]1(C/C=C(\C)C(=O)O)C2=O)C3=O. The van der Waals surface area contributed by atoms with Crippen LogP contribution in [0.15, 0.2) is 52.7 Å². The molecule has 0 unspecified atom stereocenters. The molecule has 4 aliphatic rings. The van der Waals surface area contributed by atoms with Crippen LogP contribution in [0.1, 0.15) is 116 Å². The fraction of sp³-hybridized carbons (Fsp3) is 0.513. The minimum Gasteiger partial charge on any atom is -0.506 e. The number of Topliss-reactive ketones (excluding diaryl/α,β-unsaturated/α-hetero) is 2. The van der Waals surface area contributed by atoms with Crippen LogP contribution in [0.3, 0.4) is 0 Å². The normalized spacial score (nSPS) is 28.8. The quantitative estimate of drug-likeness (QED) is 0.216. The smallest absolute Gasteiger partial charge is 0.330 e. The number of hydrogen-bond donors (Lipinski definition) is 2. The molecule has 1 saturated heterocycles. The molecule has 1 fully saturated rings. The van der Waals surface area contributed by atoms with E-state index in [1.807, 2.05) is 52.8 Å². The number of aliphatic carboxylic acids is 1. The molecule has 1 aromatic rings. The predicted octanol–water partition coefficient (Wildman–Crippen LogP) is 8.02. The third-order valence-corrected chi connectivity index (χ3v) is 10.1. The van der Waals surface area contributed by atoms with Crippen LogP contribution in [-0.2, 0) is 20.7 Å². The number of rotatable bonds is 8. The van der Waals surface area contributed by atoms with Gasteiger partial charge in [0.1, 0.15) is 28.4 Å². The lowest BCUT2D eigenvalue weighted by atomic mass is 9.62. The molecule has 0 amide bonds. The van der Waals surface area contributed by atoms with Crippen molar-refractivity contribution in [3.05, 3.63) is 69.4 Å². The van der Waals surface area contributed by atoms with Crippen molar-refractivity contribution in [3.63, 3.8) is 0 Å². The number of carbonyl (C=O) groups excluding carboxylic acids is 2. The van der Waals surface area contributed by atoms with Crippen LogP contribution in [0.4, 0.5) is 0 Å². The van der Waals surface area contributed by atoms with Crippen molar-refractivity contribution in [2.24, 2.45) is 5.92 Å². The van der Waals surface area contributed by atoms with Gasteiger partial charge in [0.2, 0.25) is 0 Å². The zero-order chi connectivity index (χ0) is 34.7. The summed E-state index contributed by atoms with van der Waals surface area (Å²) in [6.45, 7) is 17.0. The van der Waals surface area contributed by atoms with Crippen molar-refractivity contribution in [1.29, 1.82) is 0 Å². The fourth-order valence-electron chi connectivity index (χ4n) is 7.23. The summed E-state index contributed by atoms with van der Waals surface area (Å²) in [7, 11) is 0. The van der Waals surface area contributed by atoms with Gasteiger partial charge in [0.05, 0.1) is 11.2 Å². The van der Waals surface area contributed by atoms with Gasteiger partial charge in [-0.3, -0.25) is 9.59 Å². The van der Waals surface area contributed by atoms with E-state index in [1.165, 1.54) is 18.6 Å². The summed E-state index contributed by atoms with van der Waals surface area (Å²) in [5.74, 6) is -2.09. The lowest BCUT2D eigenvalue weighted by Crippen LogP contribution is -2.69. The van der Waals surface area contributed by atoms with E-state index in [2.05, 4.69) is 19.9 Å². The molecule has 252 valence electrons. The van der Waals surface area contributed by atoms with E-state index in [0.717, 1.165) is 12.0 Å². The number of carboxylic acid groups (broad SMARTS) is 1. The van der Waals surface area contributed by atoms with E-state index in [0.29, 0.717) is 42.6 Å². The van der Waals surface area contributed by atoms with E-state index in [-0.39, 0.29) is 40.4 Å². The van der Waals surface area contributed by atoms with Gasteiger partial charge < -0.3 is 24.4 Å². The van der Waals surface area contributed by atoms with Crippen LogP contribution in [0.2, 0.25) is 0 Å². The Bertz CT molecular complexity index is 1690. The number of allylic oxidation sites excluding steroid dienone is 5. The van der Waals surface area contributed by atoms with Crippen molar-refractivity contribution in [3.8, 4) is 17.2 Å². The number of aromatic hydroxyl groups is 1. The van der Waals surface area contributed by atoms with Crippen LogP contribution in [0.25, 0.3) is 6.08 Å². The molecule has 2 bridgehead atoms. The Morgan fingerprint density at radius 1 is 0.979 bits per heavy atom. The maximum Gasteiger partial charge on any atom is 0.330 e. The number of benzene rings is 1. The summed E-state index contributed by atoms with van der Waals surface area (Å²) in [5.41, 5.74) is -1.24. The molecule has 0 saturated carbocycles. The van der Waals surface area contributed by atoms with Gasteiger partial charge in [0.25, 0.3) is 0 Å². The van der Waals surface area contributed by atoms with Crippen LogP contribution >= 0.6 is 0 Å². The van der Waals surface area contributed by atoms with Gasteiger partial charge in [0, 0.05) is 29.0 Å². The van der Waals surface area contributed by atoms with Crippen molar-refractivity contribution in [2.45, 2.75) is 123 Å². The summed E-state index contributed by atoms with van der Waals surface area (Å²) in [4.78, 5) is 41.1. The van der Waals surface area contributed by atoms with E-state index in [4.69, 9.17) is 14.2 Å². The zero-order valence-electron chi connectivity index (χ0n) is 29.1. The lowest BCUT2D eigenvalue weighted by molar-refractivity contribution is -0.205. The number of hydrogen-bond acceptors (Lipinski definition) is 7. The zero-order valence-corrected chi connectivity index (χ0v) is 29.1. The third kappa shape index (κ3) is 5.90. The van der Waals surface area contributed by atoms with Gasteiger partial charge in [-0.15, -0.1) is 0 Å². The molecule has 4 atom stereocenters. The Morgan fingerprint density at radius 3 is 2.30 bits per heavy atom. The molecule has 1 aliphatic carbocycles. The van der Waals surface area contributed by atoms with Gasteiger partial charge in [-0.1, -0.05) is 35.5 Å². The first kappa shape index (κ1) is 34.4. The van der Waals surface area contributed by atoms with E-state index < -0.39 is 40.1 Å². The topological polar surface area (TPSA) is 119 Å². The monoisotopic (exact) mass is 644 g/mol. The van der Waals surface area contributed by atoms with Crippen LogP contribution in [-0.4, -0.2) is 50.2 Å². The molecule has 3 heterocycles. The number of phenols is 1. The second-order valence-corrected chi connectivity index (χ2v) is 15.0. The maximum atomic E-state index is 14.7. The highest BCUT2D eigenvalue weighted by Gasteiger charge is 2.67. The van der Waals surface area contributed by atoms with E-state index in [9.17, 15) is 24.6 Å². The average molecular weight is 645 g/mol. The van der Waals surface area contributed by atoms with Gasteiger partial charge in [-0.05, 0) is 107 Å². The molecule has 8 heteroatoms. The Hall–Kier alpha value is -3.91. The van der Waals surface area contributed by atoms with Gasteiger partial charge >= 0.3 is 5.97 Å². The molecule has 0 radical (unpaired) electrons. The number of carbonyl (C=O) groups is 3. The number of carboxylic acids is 1. The lowest BCUT2D eigenvalue weighted by Gasteiger charge is -2.53. The molecular formula is C39H48O8. The van der Waals surface area contributed by atoms with Gasteiger partial charge in [-0.25, -0.2) is 4.79 Å². The van der Waals surface area contributed by atoms with Crippen molar-refractivity contribution >= 4 is 23.6 Å². The van der Waals surface area contributed by atoms with Crippen molar-refractivity contribution in [1.82, 2.24) is 0 Å². The number of phenolic OH excluding ortho intramolecular Hbond substituents is 1. The van der Waals surface area contributed by atoms with E-state index in [1.54, 1.807) is 13.0 Å². The third-order valence-electron chi connectivity index (χ3n) is 10.1. The summed E-state index contributed by atoms with van der Waals surface area (Å²) in [6, 6.07) is 0.